The van der Waals surface area contributed by atoms with Crippen LogP contribution >= 0.6 is 0 Å². The van der Waals surface area contributed by atoms with Crippen molar-refractivity contribution < 1.29 is 24.5 Å². The molecule has 26 heavy (non-hydrogen) atoms. The van der Waals surface area contributed by atoms with Crippen LogP contribution in [0, 0.1) is 0 Å². The van der Waals surface area contributed by atoms with Gasteiger partial charge in [0.15, 0.2) is 11.5 Å². The fourth-order valence-corrected chi connectivity index (χ4v) is 3.92. The molecule has 0 spiro atoms. The quantitative estimate of drug-likeness (QED) is 0.788. The Morgan fingerprint density at radius 3 is 2.46 bits per heavy atom. The number of hydrogen-bond acceptors (Lipinski definition) is 5. The molecule has 0 aliphatic carbocycles. The molecule has 0 radical (unpaired) electrons. The van der Waals surface area contributed by atoms with Crippen molar-refractivity contribution in [1.82, 2.24) is 0 Å². The second-order valence-electron chi connectivity index (χ2n) is 7.41. The second kappa shape index (κ2) is 5.64. The highest BCUT2D eigenvalue weighted by Crippen LogP contribution is 2.52. The standard InChI is InChI=1S/C20H21NO5/c1-19(2,24)11-20(12-5-3-4-6-14(12)21-18(20)23)13-9-16-17(10-15(13)22)26-8-7-25-16/h3-6,9-10,22,24H,7-8,11H2,1-2H3,(H,21,23). The Bertz CT molecular complexity index is 886. The Kier molecular flexibility index (Phi) is 3.63. The third-order valence-corrected chi connectivity index (χ3v) is 4.84. The summed E-state index contributed by atoms with van der Waals surface area (Å²) in [6.07, 6.45) is 0.107. The van der Waals surface area contributed by atoms with Crippen molar-refractivity contribution in [2.24, 2.45) is 0 Å². The molecule has 6 nitrogen and oxygen atoms in total. The van der Waals surface area contributed by atoms with Gasteiger partial charge in [-0.15, -0.1) is 0 Å². The molecule has 136 valence electrons. The topological polar surface area (TPSA) is 88.0 Å². The van der Waals surface area contributed by atoms with E-state index in [1.54, 1.807) is 19.9 Å². The molecule has 0 saturated carbocycles. The molecule has 2 aromatic carbocycles. The third kappa shape index (κ3) is 2.49. The lowest BCUT2D eigenvalue weighted by atomic mass is 9.68. The number of aliphatic hydroxyl groups is 1. The summed E-state index contributed by atoms with van der Waals surface area (Å²) in [6.45, 7) is 4.11. The maximum Gasteiger partial charge on any atom is 0.239 e. The molecule has 3 N–H and O–H groups in total. The summed E-state index contributed by atoms with van der Waals surface area (Å²) in [6, 6.07) is 10.5. The van der Waals surface area contributed by atoms with E-state index in [9.17, 15) is 15.0 Å². The van der Waals surface area contributed by atoms with E-state index in [2.05, 4.69) is 5.32 Å². The Morgan fingerprint density at radius 2 is 1.77 bits per heavy atom. The molecule has 1 amide bonds. The number of rotatable bonds is 3. The maximum absolute atomic E-state index is 13.1. The Morgan fingerprint density at radius 1 is 1.12 bits per heavy atom. The number of fused-ring (bicyclic) bond motifs is 2. The zero-order valence-corrected chi connectivity index (χ0v) is 14.7. The maximum atomic E-state index is 13.1. The van der Waals surface area contributed by atoms with E-state index < -0.39 is 11.0 Å². The molecule has 0 saturated heterocycles. The van der Waals surface area contributed by atoms with Gasteiger partial charge in [0.2, 0.25) is 5.91 Å². The first kappa shape index (κ1) is 16.7. The molecule has 4 rings (SSSR count). The Hall–Kier alpha value is -2.73. The first-order valence-electron chi connectivity index (χ1n) is 8.58. The van der Waals surface area contributed by atoms with Gasteiger partial charge in [0.1, 0.15) is 24.4 Å². The number of para-hydroxylation sites is 1. The molecule has 2 aromatic rings. The van der Waals surface area contributed by atoms with Gasteiger partial charge in [-0.2, -0.15) is 0 Å². The fraction of sp³-hybridized carbons (Fsp3) is 0.350. The van der Waals surface area contributed by atoms with Crippen molar-refractivity contribution in [3.8, 4) is 17.2 Å². The van der Waals surface area contributed by atoms with Crippen molar-refractivity contribution in [2.75, 3.05) is 18.5 Å². The number of ether oxygens (including phenoxy) is 2. The summed E-state index contributed by atoms with van der Waals surface area (Å²) in [5.41, 5.74) is -0.579. The highest BCUT2D eigenvalue weighted by atomic mass is 16.6. The lowest BCUT2D eigenvalue weighted by Gasteiger charge is -2.34. The molecule has 0 bridgehead atoms. The lowest BCUT2D eigenvalue weighted by Crippen LogP contribution is -2.42. The van der Waals surface area contributed by atoms with Crippen LogP contribution in [-0.4, -0.2) is 34.9 Å². The van der Waals surface area contributed by atoms with Gasteiger partial charge >= 0.3 is 0 Å². The van der Waals surface area contributed by atoms with Crippen molar-refractivity contribution in [3.63, 3.8) is 0 Å². The summed E-state index contributed by atoms with van der Waals surface area (Å²) in [5.74, 6) is 0.581. The molecular weight excluding hydrogens is 334 g/mol. The third-order valence-electron chi connectivity index (χ3n) is 4.84. The summed E-state index contributed by atoms with van der Waals surface area (Å²) in [7, 11) is 0. The molecule has 1 atom stereocenters. The molecule has 0 fully saturated rings. The van der Waals surface area contributed by atoms with Crippen molar-refractivity contribution >= 4 is 11.6 Å². The van der Waals surface area contributed by atoms with E-state index in [-0.39, 0.29) is 18.1 Å². The van der Waals surface area contributed by atoms with E-state index in [4.69, 9.17) is 9.47 Å². The molecule has 6 heteroatoms. The Balaban J connectivity index is 1.98. The number of amides is 1. The lowest BCUT2D eigenvalue weighted by molar-refractivity contribution is -0.121. The van der Waals surface area contributed by atoms with E-state index in [1.165, 1.54) is 6.07 Å². The van der Waals surface area contributed by atoms with Gasteiger partial charge in [0.05, 0.1) is 5.60 Å². The number of carbonyl (C=O) groups is 1. The minimum Gasteiger partial charge on any atom is -0.507 e. The largest absolute Gasteiger partial charge is 0.507 e. The average molecular weight is 355 g/mol. The first-order valence-corrected chi connectivity index (χ1v) is 8.58. The number of aromatic hydroxyl groups is 1. The number of phenols is 1. The van der Waals surface area contributed by atoms with Crippen LogP contribution in [0.25, 0.3) is 0 Å². The number of hydrogen-bond donors (Lipinski definition) is 3. The van der Waals surface area contributed by atoms with Crippen LogP contribution in [0.2, 0.25) is 0 Å². The van der Waals surface area contributed by atoms with Gasteiger partial charge in [-0.3, -0.25) is 4.79 Å². The molecule has 2 heterocycles. The Labute approximate surface area is 151 Å². The minimum absolute atomic E-state index is 0.0645. The molecular formula is C20H21NO5. The summed E-state index contributed by atoms with van der Waals surface area (Å²) in [5, 5.41) is 24.2. The highest BCUT2D eigenvalue weighted by molar-refractivity contribution is 6.09. The van der Waals surface area contributed by atoms with Gasteiger partial charge in [0, 0.05) is 17.3 Å². The predicted octanol–water partition coefficient (Wildman–Crippen LogP) is 2.56. The fourth-order valence-electron chi connectivity index (χ4n) is 3.92. The van der Waals surface area contributed by atoms with Crippen LogP contribution in [0.15, 0.2) is 36.4 Å². The van der Waals surface area contributed by atoms with Crippen LogP contribution in [0.1, 0.15) is 31.4 Å². The van der Waals surface area contributed by atoms with E-state index >= 15 is 0 Å². The molecule has 2 aliphatic rings. The zero-order chi connectivity index (χ0) is 18.5. The van der Waals surface area contributed by atoms with Crippen molar-refractivity contribution in [2.45, 2.75) is 31.3 Å². The smallest absolute Gasteiger partial charge is 0.239 e. The number of anilines is 1. The van der Waals surface area contributed by atoms with Crippen LogP contribution in [0.3, 0.4) is 0 Å². The van der Waals surface area contributed by atoms with Crippen molar-refractivity contribution in [3.05, 3.63) is 47.5 Å². The molecule has 1 unspecified atom stereocenters. The normalized spacial score (nSPS) is 21.3. The van der Waals surface area contributed by atoms with Crippen LogP contribution in [0.4, 0.5) is 5.69 Å². The summed E-state index contributed by atoms with van der Waals surface area (Å²) in [4.78, 5) is 13.1. The molecule has 2 aliphatic heterocycles. The van der Waals surface area contributed by atoms with Gasteiger partial charge in [0.25, 0.3) is 0 Å². The van der Waals surface area contributed by atoms with Gasteiger partial charge < -0.3 is 25.0 Å². The van der Waals surface area contributed by atoms with Crippen LogP contribution in [-0.2, 0) is 10.2 Å². The zero-order valence-electron chi connectivity index (χ0n) is 14.7. The predicted molar refractivity (Wildman–Crippen MR) is 95.9 cm³/mol. The second-order valence-corrected chi connectivity index (χ2v) is 7.41. The number of nitrogens with one attached hydrogen (secondary N) is 1. The summed E-state index contributed by atoms with van der Waals surface area (Å²) < 4.78 is 11.2. The van der Waals surface area contributed by atoms with E-state index in [0.717, 1.165) is 5.56 Å². The number of phenolic OH excluding ortho intramolecular Hbond substituents is 1. The highest BCUT2D eigenvalue weighted by Gasteiger charge is 2.52. The van der Waals surface area contributed by atoms with E-state index in [0.29, 0.717) is 36.0 Å². The SMILES string of the molecule is CC(C)(O)CC1(c2cc3c(cc2O)OCCO3)C(=O)Nc2ccccc21. The minimum atomic E-state index is -1.23. The summed E-state index contributed by atoms with van der Waals surface area (Å²) >= 11 is 0. The van der Waals surface area contributed by atoms with Gasteiger partial charge in [-0.1, -0.05) is 18.2 Å². The van der Waals surface area contributed by atoms with E-state index in [1.807, 2.05) is 24.3 Å². The average Bonchev–Trinajstić information content (AvgIpc) is 2.85. The molecule has 0 aromatic heterocycles. The number of carbonyl (C=O) groups excluding carboxylic acids is 1. The van der Waals surface area contributed by atoms with Gasteiger partial charge in [-0.25, -0.2) is 0 Å². The van der Waals surface area contributed by atoms with Crippen LogP contribution in [0.5, 0.6) is 17.2 Å². The number of benzene rings is 2. The van der Waals surface area contributed by atoms with Gasteiger partial charge in [-0.05, 0) is 38.0 Å². The monoisotopic (exact) mass is 355 g/mol. The first-order chi connectivity index (χ1) is 12.3. The van der Waals surface area contributed by atoms with Crippen LogP contribution < -0.4 is 14.8 Å². The van der Waals surface area contributed by atoms with Crippen molar-refractivity contribution in [1.29, 1.82) is 0 Å².